The van der Waals surface area contributed by atoms with Crippen LogP contribution in [0, 0.1) is 11.3 Å². The number of esters is 1. The van der Waals surface area contributed by atoms with Crippen LogP contribution in [0.25, 0.3) is 0 Å². The maximum atomic E-state index is 12.0. The van der Waals surface area contributed by atoms with E-state index >= 15 is 0 Å². The van der Waals surface area contributed by atoms with E-state index in [0.717, 1.165) is 29.9 Å². The van der Waals surface area contributed by atoms with Crippen LogP contribution in [0.1, 0.15) is 39.2 Å². The molecular formula is C17H24BrNO2. The lowest BCUT2D eigenvalue weighted by molar-refractivity contribution is -0.143. The monoisotopic (exact) mass is 353 g/mol. The SMILES string of the molecule is CC(C)(C)C(=O)Oc1cc(CC2CCNCC2)ccc1Br. The van der Waals surface area contributed by atoms with Gasteiger partial charge >= 0.3 is 5.97 Å². The van der Waals surface area contributed by atoms with Gasteiger partial charge in [-0.05, 0) is 92.7 Å². The molecular weight excluding hydrogens is 330 g/mol. The number of carbonyl (C=O) groups excluding carboxylic acids is 1. The van der Waals surface area contributed by atoms with Crippen LogP contribution in [-0.4, -0.2) is 19.1 Å². The number of piperidine rings is 1. The van der Waals surface area contributed by atoms with Crippen molar-refractivity contribution in [1.82, 2.24) is 5.32 Å². The quantitative estimate of drug-likeness (QED) is 0.660. The summed E-state index contributed by atoms with van der Waals surface area (Å²) < 4.78 is 6.37. The smallest absolute Gasteiger partial charge is 0.316 e. The first kappa shape index (κ1) is 16.5. The van der Waals surface area contributed by atoms with Crippen molar-refractivity contribution in [2.24, 2.45) is 11.3 Å². The van der Waals surface area contributed by atoms with Gasteiger partial charge in [-0.3, -0.25) is 4.79 Å². The molecule has 0 amide bonds. The molecule has 1 aliphatic heterocycles. The highest BCUT2D eigenvalue weighted by Gasteiger charge is 2.24. The van der Waals surface area contributed by atoms with Crippen molar-refractivity contribution >= 4 is 21.9 Å². The second-order valence-corrected chi connectivity index (χ2v) is 7.66. The molecule has 0 spiro atoms. The molecule has 2 rings (SSSR count). The zero-order valence-electron chi connectivity index (χ0n) is 13.0. The zero-order valence-corrected chi connectivity index (χ0v) is 14.6. The Balaban J connectivity index is 2.07. The van der Waals surface area contributed by atoms with Gasteiger partial charge in [-0.25, -0.2) is 0 Å². The van der Waals surface area contributed by atoms with Crippen molar-refractivity contribution in [2.75, 3.05) is 13.1 Å². The summed E-state index contributed by atoms with van der Waals surface area (Å²) in [7, 11) is 0. The van der Waals surface area contributed by atoms with E-state index in [0.29, 0.717) is 5.75 Å². The van der Waals surface area contributed by atoms with Gasteiger partial charge in [0.2, 0.25) is 0 Å². The van der Waals surface area contributed by atoms with Crippen LogP contribution in [-0.2, 0) is 11.2 Å². The molecule has 1 aromatic rings. The van der Waals surface area contributed by atoms with Crippen LogP contribution in [0.15, 0.2) is 22.7 Å². The minimum atomic E-state index is -0.496. The fourth-order valence-electron chi connectivity index (χ4n) is 2.43. The van der Waals surface area contributed by atoms with Crippen LogP contribution in [0.4, 0.5) is 0 Å². The van der Waals surface area contributed by atoms with Crippen LogP contribution in [0.3, 0.4) is 0 Å². The van der Waals surface area contributed by atoms with Gasteiger partial charge in [-0.2, -0.15) is 0 Å². The summed E-state index contributed by atoms with van der Waals surface area (Å²) in [5, 5.41) is 3.39. The van der Waals surface area contributed by atoms with E-state index in [1.165, 1.54) is 18.4 Å². The predicted molar refractivity (Wildman–Crippen MR) is 88.5 cm³/mol. The van der Waals surface area contributed by atoms with Crippen LogP contribution >= 0.6 is 15.9 Å². The normalized spacial score (nSPS) is 16.8. The van der Waals surface area contributed by atoms with Gasteiger partial charge in [-0.15, -0.1) is 0 Å². The van der Waals surface area contributed by atoms with Gasteiger partial charge in [-0.1, -0.05) is 6.07 Å². The summed E-state index contributed by atoms with van der Waals surface area (Å²) >= 11 is 3.46. The van der Waals surface area contributed by atoms with E-state index in [2.05, 4.69) is 27.3 Å². The molecule has 0 bridgehead atoms. The molecule has 0 atom stereocenters. The minimum Gasteiger partial charge on any atom is -0.425 e. The molecule has 0 radical (unpaired) electrons. The third kappa shape index (κ3) is 4.82. The van der Waals surface area contributed by atoms with E-state index in [1.807, 2.05) is 32.9 Å². The molecule has 1 aromatic carbocycles. The number of nitrogens with one attached hydrogen (secondary N) is 1. The molecule has 1 heterocycles. The fraction of sp³-hybridized carbons (Fsp3) is 0.588. The van der Waals surface area contributed by atoms with Gasteiger partial charge in [0.25, 0.3) is 0 Å². The molecule has 0 aliphatic carbocycles. The lowest BCUT2D eigenvalue weighted by Gasteiger charge is -2.23. The predicted octanol–water partition coefficient (Wildman–Crippen LogP) is 3.94. The number of hydrogen-bond donors (Lipinski definition) is 1. The average molecular weight is 354 g/mol. The maximum absolute atomic E-state index is 12.0. The Morgan fingerprint density at radius 3 is 2.62 bits per heavy atom. The topological polar surface area (TPSA) is 38.3 Å². The first-order valence-corrected chi connectivity index (χ1v) is 8.37. The molecule has 0 saturated carbocycles. The summed E-state index contributed by atoms with van der Waals surface area (Å²) in [5.74, 6) is 1.14. The average Bonchev–Trinajstić information content (AvgIpc) is 2.42. The Kier molecular flexibility index (Phi) is 5.44. The Hall–Kier alpha value is -0.870. The number of halogens is 1. The molecule has 0 unspecified atom stereocenters. The van der Waals surface area contributed by atoms with Crippen LogP contribution in [0.2, 0.25) is 0 Å². The maximum Gasteiger partial charge on any atom is 0.316 e. The van der Waals surface area contributed by atoms with E-state index in [1.54, 1.807) is 0 Å². The second kappa shape index (κ2) is 6.93. The largest absolute Gasteiger partial charge is 0.425 e. The molecule has 1 N–H and O–H groups in total. The second-order valence-electron chi connectivity index (χ2n) is 6.80. The lowest BCUT2D eigenvalue weighted by Crippen LogP contribution is -2.28. The number of rotatable bonds is 3. The first-order valence-electron chi connectivity index (χ1n) is 7.57. The molecule has 0 aromatic heterocycles. The number of benzene rings is 1. The minimum absolute atomic E-state index is 0.206. The molecule has 116 valence electrons. The summed E-state index contributed by atoms with van der Waals surface area (Å²) in [6, 6.07) is 6.08. The van der Waals surface area contributed by atoms with Gasteiger partial charge < -0.3 is 10.1 Å². The lowest BCUT2D eigenvalue weighted by atomic mass is 9.91. The van der Waals surface area contributed by atoms with Crippen molar-refractivity contribution in [3.05, 3.63) is 28.2 Å². The molecule has 3 nitrogen and oxygen atoms in total. The van der Waals surface area contributed by atoms with E-state index in [9.17, 15) is 4.79 Å². The molecule has 1 saturated heterocycles. The zero-order chi connectivity index (χ0) is 15.5. The van der Waals surface area contributed by atoms with Gasteiger partial charge in [0.05, 0.1) is 9.89 Å². The highest BCUT2D eigenvalue weighted by atomic mass is 79.9. The summed E-state index contributed by atoms with van der Waals surface area (Å²) in [6.07, 6.45) is 3.48. The van der Waals surface area contributed by atoms with Crippen LogP contribution in [0.5, 0.6) is 5.75 Å². The third-order valence-corrected chi connectivity index (χ3v) is 4.45. The Bertz CT molecular complexity index is 502. The molecule has 1 aliphatic rings. The van der Waals surface area contributed by atoms with Crippen LogP contribution < -0.4 is 10.1 Å². The Labute approximate surface area is 135 Å². The van der Waals surface area contributed by atoms with E-state index < -0.39 is 5.41 Å². The molecule has 21 heavy (non-hydrogen) atoms. The van der Waals surface area contributed by atoms with Gasteiger partial charge in [0.1, 0.15) is 5.75 Å². The highest BCUT2D eigenvalue weighted by molar-refractivity contribution is 9.10. The van der Waals surface area contributed by atoms with Crippen molar-refractivity contribution in [3.63, 3.8) is 0 Å². The van der Waals surface area contributed by atoms with Crippen molar-refractivity contribution < 1.29 is 9.53 Å². The summed E-state index contributed by atoms with van der Waals surface area (Å²) in [4.78, 5) is 12.0. The number of carbonyl (C=O) groups is 1. The fourth-order valence-corrected chi connectivity index (χ4v) is 2.75. The van der Waals surface area contributed by atoms with Crippen molar-refractivity contribution in [2.45, 2.75) is 40.0 Å². The first-order chi connectivity index (χ1) is 9.86. The van der Waals surface area contributed by atoms with E-state index in [-0.39, 0.29) is 5.97 Å². The van der Waals surface area contributed by atoms with Gasteiger partial charge in [0, 0.05) is 0 Å². The molecule has 4 heteroatoms. The molecule has 1 fully saturated rings. The third-order valence-electron chi connectivity index (χ3n) is 3.79. The summed E-state index contributed by atoms with van der Waals surface area (Å²) in [5.41, 5.74) is 0.742. The Morgan fingerprint density at radius 2 is 2.00 bits per heavy atom. The Morgan fingerprint density at radius 1 is 1.33 bits per heavy atom. The standard InChI is InChI=1S/C17H24BrNO2/c1-17(2,3)16(20)21-15-11-13(4-5-14(15)18)10-12-6-8-19-9-7-12/h4-5,11-12,19H,6-10H2,1-3H3. The highest BCUT2D eigenvalue weighted by Crippen LogP contribution is 2.30. The van der Waals surface area contributed by atoms with Crippen molar-refractivity contribution in [1.29, 1.82) is 0 Å². The van der Waals surface area contributed by atoms with Gasteiger partial charge in [0.15, 0.2) is 0 Å². The van der Waals surface area contributed by atoms with Crippen molar-refractivity contribution in [3.8, 4) is 5.75 Å². The number of ether oxygens (including phenoxy) is 1. The summed E-state index contributed by atoms with van der Waals surface area (Å²) in [6.45, 7) is 7.80. The van der Waals surface area contributed by atoms with E-state index in [4.69, 9.17) is 4.74 Å². The number of hydrogen-bond acceptors (Lipinski definition) is 3.